The molecule has 218 valence electrons. The van der Waals surface area contributed by atoms with E-state index < -0.39 is 15.2 Å². The fourth-order valence-electron chi connectivity index (χ4n) is 6.88. The lowest BCUT2D eigenvalue weighted by atomic mass is 10.1. The van der Waals surface area contributed by atoms with E-state index in [2.05, 4.69) is 200 Å². The van der Waals surface area contributed by atoms with Crippen molar-refractivity contribution < 1.29 is 0 Å². The van der Waals surface area contributed by atoms with Crippen molar-refractivity contribution in [1.82, 2.24) is 0 Å². The predicted octanol–water partition coefficient (Wildman–Crippen LogP) is 8.37. The third-order valence-corrected chi connectivity index (χ3v) is 15.9. The van der Waals surface area contributed by atoms with Crippen molar-refractivity contribution in [1.29, 1.82) is 0 Å². The molecule has 8 aromatic carbocycles. The number of hydrogen-bond donors (Lipinski definition) is 0. The highest BCUT2D eigenvalue weighted by Gasteiger charge is 2.51. The van der Waals surface area contributed by atoms with Gasteiger partial charge in [-0.05, 0) is 77.2 Å². The Balaban J connectivity index is 1.59. The van der Waals surface area contributed by atoms with Crippen molar-refractivity contribution in [3.63, 3.8) is 0 Å². The summed E-state index contributed by atoms with van der Waals surface area (Å²) < 4.78 is 0. The minimum Gasteiger partial charge on any atom is -0.0622 e. The fraction of sp³-hybridized carbons (Fsp3) is 0. The van der Waals surface area contributed by atoms with E-state index in [9.17, 15) is 0 Å². The van der Waals surface area contributed by atoms with E-state index >= 15 is 0 Å². The Hall–Kier alpha value is -4.86. The number of fused-ring (bicyclic) bond motifs is 2. The van der Waals surface area contributed by atoms with Crippen molar-refractivity contribution >= 4 is 73.9 Å². The van der Waals surface area contributed by atoms with Crippen LogP contribution in [0, 0.1) is 0 Å². The van der Waals surface area contributed by atoms with E-state index in [1.165, 1.54) is 58.7 Å². The molecule has 8 rings (SSSR count). The minimum atomic E-state index is -2.47. The van der Waals surface area contributed by atoms with E-state index in [1.54, 1.807) is 0 Å². The molecule has 46 heavy (non-hydrogen) atoms. The maximum Gasteiger partial charge on any atom is 0.145 e. The average molecular weight is 624 g/mol. The van der Waals surface area contributed by atoms with Crippen LogP contribution in [-0.4, -0.2) is 0 Å². The highest BCUT2D eigenvalue weighted by atomic mass is 31.2. The predicted molar refractivity (Wildman–Crippen MR) is 205 cm³/mol. The maximum atomic E-state index is 2.47. The van der Waals surface area contributed by atoms with Crippen molar-refractivity contribution in [2.45, 2.75) is 0 Å². The van der Waals surface area contributed by atoms with Gasteiger partial charge in [-0.15, -0.1) is 0 Å². The molecule has 0 spiro atoms. The zero-order chi connectivity index (χ0) is 30.8. The quantitative estimate of drug-likeness (QED) is 0.157. The monoisotopic (exact) mass is 623 g/mol. The minimum absolute atomic E-state index is 0.882. The number of rotatable bonds is 7. The largest absolute Gasteiger partial charge is 0.145 e. The smallest absolute Gasteiger partial charge is 0.0622 e. The van der Waals surface area contributed by atoms with Gasteiger partial charge in [0.1, 0.15) is 28.5 Å². The standard InChI is InChI=1S/C44H33P2/c1-5-20-37(21-6-1)45(38-22-7-2-8-23-38)43-32-30-35-18-15-16-28-42(35)44(43)46(39-24-9-3-10-25-39,40-26-11-4-12-27-40)41-31-29-34-17-13-14-19-36(34)33-41/h1-33H/q+1. The first-order chi connectivity index (χ1) is 22.8. The van der Waals surface area contributed by atoms with E-state index in [4.69, 9.17) is 0 Å². The van der Waals surface area contributed by atoms with Crippen LogP contribution in [-0.2, 0) is 0 Å². The summed E-state index contributed by atoms with van der Waals surface area (Å²) in [5, 5.41) is 14.8. The lowest BCUT2D eigenvalue weighted by Crippen LogP contribution is -2.45. The Bertz CT molecular complexity index is 2170. The Morgan fingerprint density at radius 3 is 1.37 bits per heavy atom. The zero-order valence-electron chi connectivity index (χ0n) is 25.4. The molecule has 0 bridgehead atoms. The maximum absolute atomic E-state index is 2.47. The van der Waals surface area contributed by atoms with Crippen molar-refractivity contribution in [2.75, 3.05) is 0 Å². The molecule has 0 nitrogen and oxygen atoms in total. The van der Waals surface area contributed by atoms with Crippen LogP contribution in [0.4, 0.5) is 0 Å². The number of benzene rings is 8. The van der Waals surface area contributed by atoms with E-state index in [0.717, 1.165) is 0 Å². The molecular weight excluding hydrogens is 590 g/mol. The van der Waals surface area contributed by atoms with E-state index in [-0.39, 0.29) is 0 Å². The van der Waals surface area contributed by atoms with Gasteiger partial charge in [-0.3, -0.25) is 0 Å². The summed E-state index contributed by atoms with van der Waals surface area (Å²) in [5.41, 5.74) is 0. The normalized spacial score (nSPS) is 11.7. The Morgan fingerprint density at radius 1 is 0.326 bits per heavy atom. The Kier molecular flexibility index (Phi) is 7.77. The Morgan fingerprint density at radius 2 is 0.783 bits per heavy atom. The highest BCUT2D eigenvalue weighted by Crippen LogP contribution is 2.57. The highest BCUT2D eigenvalue weighted by molar-refractivity contribution is 8.03. The third kappa shape index (κ3) is 4.96. The lowest BCUT2D eigenvalue weighted by molar-refractivity contribution is 1.73. The van der Waals surface area contributed by atoms with Gasteiger partial charge >= 0.3 is 0 Å². The summed E-state index contributed by atoms with van der Waals surface area (Å²) in [5.74, 6) is 0. The molecule has 0 fully saturated rings. The topological polar surface area (TPSA) is 0 Å². The summed E-state index contributed by atoms with van der Waals surface area (Å²) in [6.45, 7) is 0. The summed E-state index contributed by atoms with van der Waals surface area (Å²) in [4.78, 5) is 0. The van der Waals surface area contributed by atoms with Gasteiger partial charge in [0.15, 0.2) is 0 Å². The van der Waals surface area contributed by atoms with Gasteiger partial charge in [-0.2, -0.15) is 0 Å². The first-order valence-corrected chi connectivity index (χ1v) is 18.9. The van der Waals surface area contributed by atoms with Gasteiger partial charge in [-0.1, -0.05) is 158 Å². The van der Waals surface area contributed by atoms with Gasteiger partial charge in [0.25, 0.3) is 0 Å². The van der Waals surface area contributed by atoms with Crippen LogP contribution >= 0.6 is 15.2 Å². The summed E-state index contributed by atoms with van der Waals surface area (Å²) in [6, 6.07) is 74.7. The molecule has 0 aliphatic heterocycles. The number of hydrogen-bond acceptors (Lipinski definition) is 0. The molecule has 0 aromatic heterocycles. The van der Waals surface area contributed by atoms with Gasteiger partial charge in [0.2, 0.25) is 0 Å². The van der Waals surface area contributed by atoms with Crippen LogP contribution in [0.15, 0.2) is 200 Å². The molecule has 0 atom stereocenters. The summed E-state index contributed by atoms with van der Waals surface area (Å²) >= 11 is 0. The van der Waals surface area contributed by atoms with Gasteiger partial charge in [0, 0.05) is 10.7 Å². The molecular formula is C44H33P2+. The molecule has 0 heterocycles. The van der Waals surface area contributed by atoms with E-state index in [1.807, 2.05) is 0 Å². The van der Waals surface area contributed by atoms with Crippen LogP contribution in [0.1, 0.15) is 0 Å². The van der Waals surface area contributed by atoms with Crippen molar-refractivity contribution in [3.8, 4) is 0 Å². The fourth-order valence-corrected chi connectivity index (χ4v) is 14.5. The van der Waals surface area contributed by atoms with Crippen LogP contribution in [0.2, 0.25) is 0 Å². The summed E-state index contributed by atoms with van der Waals surface area (Å²) in [7, 11) is -3.35. The molecule has 0 aliphatic rings. The molecule has 0 aliphatic carbocycles. The third-order valence-electron chi connectivity index (χ3n) is 8.89. The Labute approximate surface area is 273 Å². The zero-order valence-corrected chi connectivity index (χ0v) is 27.2. The van der Waals surface area contributed by atoms with Gasteiger partial charge < -0.3 is 0 Å². The molecule has 0 N–H and O–H groups in total. The molecule has 0 unspecified atom stereocenters. The second-order valence-electron chi connectivity index (χ2n) is 11.5. The lowest BCUT2D eigenvalue weighted by Gasteiger charge is -2.32. The van der Waals surface area contributed by atoms with Crippen LogP contribution in [0.3, 0.4) is 0 Å². The molecule has 8 aromatic rings. The average Bonchev–Trinajstić information content (AvgIpc) is 3.14. The van der Waals surface area contributed by atoms with Crippen LogP contribution < -0.4 is 37.1 Å². The first-order valence-electron chi connectivity index (χ1n) is 15.8. The molecule has 0 saturated heterocycles. The van der Waals surface area contributed by atoms with Gasteiger partial charge in [-0.25, -0.2) is 0 Å². The molecule has 0 radical (unpaired) electrons. The van der Waals surface area contributed by atoms with Crippen molar-refractivity contribution in [2.24, 2.45) is 0 Å². The second kappa shape index (κ2) is 12.5. The molecule has 0 amide bonds. The van der Waals surface area contributed by atoms with Crippen molar-refractivity contribution in [3.05, 3.63) is 200 Å². The first kappa shape index (κ1) is 28.6. The van der Waals surface area contributed by atoms with Crippen LogP contribution in [0.25, 0.3) is 21.5 Å². The summed E-state index contributed by atoms with van der Waals surface area (Å²) in [6.07, 6.45) is 0. The second-order valence-corrected chi connectivity index (χ2v) is 17.1. The molecule has 2 heteroatoms. The van der Waals surface area contributed by atoms with E-state index in [0.29, 0.717) is 0 Å². The molecule has 0 saturated carbocycles. The van der Waals surface area contributed by atoms with Gasteiger partial charge in [0.05, 0.1) is 0 Å². The van der Waals surface area contributed by atoms with Crippen LogP contribution in [0.5, 0.6) is 0 Å². The SMILES string of the molecule is c1ccc(P(c2ccccc2)c2ccc3ccccc3c2[P+](c2ccccc2)(c2ccccc2)c2ccc3ccccc3c2)cc1.